The maximum absolute atomic E-state index is 13.7. The van der Waals surface area contributed by atoms with E-state index < -0.39 is 0 Å². The van der Waals surface area contributed by atoms with E-state index in [4.69, 9.17) is 8.83 Å². The van der Waals surface area contributed by atoms with E-state index in [9.17, 15) is 9.59 Å². The van der Waals surface area contributed by atoms with E-state index in [2.05, 4.69) is 329 Å². The molecule has 0 aliphatic carbocycles. The zero-order valence-corrected chi connectivity index (χ0v) is 56.7. The second-order valence-electron chi connectivity index (χ2n) is 27.0. The summed E-state index contributed by atoms with van der Waals surface area (Å²) in [6.45, 7) is 0. The van der Waals surface area contributed by atoms with Crippen LogP contribution in [0.1, 0.15) is 0 Å². The summed E-state index contributed by atoms with van der Waals surface area (Å²) in [5.74, 6) is 0. The summed E-state index contributed by atoms with van der Waals surface area (Å²) in [5, 5.41) is 11.8. The summed E-state index contributed by atoms with van der Waals surface area (Å²) in [4.78, 5) is 27.3. The topological polar surface area (TPSA) is 75.2 Å². The van der Waals surface area contributed by atoms with Gasteiger partial charge >= 0.3 is 11.3 Å². The number of aromatic nitrogens is 3. The van der Waals surface area contributed by atoms with Crippen LogP contribution in [-0.4, -0.2) is 13.7 Å². The number of rotatable bonds is 9. The molecule has 0 saturated heterocycles. The standard InChI is InChI=1S/C49H30N2O2.C49H31NO2/c52-49-43-29-31(32-21-25-46-41(27-32)38-15-7-9-17-44(38)50(46)35-11-3-1-4-12-35)19-23-37(43)40-24-20-34(30-48(40)53-49)33-22-26-47-42(28-33)39-16-8-10-18-45(39)51(47)36-13-5-2-6-14-36;51-49-45-30-34(35-22-25-47-44(29-35)42-18-10-11-19-46(42)50(47)40-16-8-3-9-17-40)20-23-41(45)43-24-21-36(31-48(43)52-49)39-27-37(32-12-4-1-5-13-32)26-38(28-39)33-14-6-2-7-15-33/h1-30H;1-31H. The van der Waals surface area contributed by atoms with Gasteiger partial charge in [0.25, 0.3) is 0 Å². The van der Waals surface area contributed by atoms with Gasteiger partial charge in [-0.05, 0) is 223 Å². The molecule has 5 heterocycles. The monoisotopic (exact) mass is 1340 g/mol. The normalized spacial score (nSPS) is 11.7. The van der Waals surface area contributed by atoms with Gasteiger partial charge in [-0.2, -0.15) is 0 Å². The van der Waals surface area contributed by atoms with Crippen molar-refractivity contribution in [2.75, 3.05) is 0 Å². The lowest BCUT2D eigenvalue weighted by Gasteiger charge is -2.12. The predicted octanol–water partition coefficient (Wildman–Crippen LogP) is 25.2. The Morgan fingerprint density at radius 1 is 0.162 bits per heavy atom. The van der Waals surface area contributed by atoms with Gasteiger partial charge in [0, 0.05) is 60.2 Å². The molecule has 0 radical (unpaired) electrons. The van der Waals surface area contributed by atoms with Crippen LogP contribution in [0.2, 0.25) is 0 Å². The fourth-order valence-electron chi connectivity index (χ4n) is 16.0. The third-order valence-electron chi connectivity index (χ3n) is 21.0. The van der Waals surface area contributed by atoms with E-state index in [0.29, 0.717) is 21.9 Å². The minimum absolute atomic E-state index is 0.338. The number of hydrogen-bond donors (Lipinski definition) is 0. The quantitative estimate of drug-likeness (QED) is 0.107. The van der Waals surface area contributed by atoms with Gasteiger partial charge in [-0.3, -0.25) is 0 Å². The maximum Gasteiger partial charge on any atom is 0.344 e. The average Bonchev–Trinajstić information content (AvgIpc) is 1.70. The van der Waals surface area contributed by atoms with Crippen molar-refractivity contribution in [1.82, 2.24) is 13.7 Å². The molecule has 0 bridgehead atoms. The molecule has 0 spiro atoms. The van der Waals surface area contributed by atoms with Crippen molar-refractivity contribution in [2.45, 2.75) is 0 Å². The first-order valence-corrected chi connectivity index (χ1v) is 35.4. The fraction of sp³-hybridized carbons (Fsp3) is 0. The Labute approximate surface area is 602 Å². The smallest absolute Gasteiger partial charge is 0.344 e. The van der Waals surface area contributed by atoms with E-state index in [1.54, 1.807) is 0 Å². The summed E-state index contributed by atoms with van der Waals surface area (Å²) >= 11 is 0. The van der Waals surface area contributed by atoms with Crippen LogP contribution < -0.4 is 11.3 Å². The van der Waals surface area contributed by atoms with Crippen molar-refractivity contribution in [1.29, 1.82) is 0 Å². The molecule has 0 aliphatic heterocycles. The van der Waals surface area contributed by atoms with E-state index >= 15 is 0 Å². The first-order valence-electron chi connectivity index (χ1n) is 35.4. The van der Waals surface area contributed by atoms with Gasteiger partial charge in [0.1, 0.15) is 11.2 Å². The fourth-order valence-corrected chi connectivity index (χ4v) is 16.0. The van der Waals surface area contributed by atoms with Gasteiger partial charge in [0.05, 0.1) is 43.9 Å². The Bertz CT molecular complexity index is 7110. The third-order valence-corrected chi connectivity index (χ3v) is 21.0. The van der Waals surface area contributed by atoms with Crippen molar-refractivity contribution in [3.63, 3.8) is 0 Å². The molecule has 21 aromatic rings. The molecule has 0 unspecified atom stereocenters. The Balaban J connectivity index is 0.000000139. The Morgan fingerprint density at radius 2 is 0.410 bits per heavy atom. The first kappa shape index (κ1) is 60.8. The van der Waals surface area contributed by atoms with Crippen molar-refractivity contribution in [2.24, 2.45) is 0 Å². The predicted molar refractivity (Wildman–Crippen MR) is 436 cm³/mol. The molecule has 21 rings (SSSR count). The minimum atomic E-state index is -0.341. The van der Waals surface area contributed by atoms with E-state index in [1.165, 1.54) is 37.8 Å². The Hall–Kier alpha value is -14.1. The Kier molecular flexibility index (Phi) is 14.4. The molecule has 16 aromatic carbocycles. The second-order valence-corrected chi connectivity index (χ2v) is 27.0. The zero-order valence-electron chi connectivity index (χ0n) is 56.7. The molecule has 0 atom stereocenters. The van der Waals surface area contributed by atoms with Crippen molar-refractivity contribution < 1.29 is 8.83 Å². The number of hydrogen-bond acceptors (Lipinski definition) is 4. The molecule has 5 aromatic heterocycles. The second kappa shape index (κ2) is 24.9. The van der Waals surface area contributed by atoms with Gasteiger partial charge in [0.15, 0.2) is 0 Å². The molecule has 105 heavy (non-hydrogen) atoms. The van der Waals surface area contributed by atoms with Crippen LogP contribution in [0.15, 0.2) is 388 Å². The van der Waals surface area contributed by atoms with Gasteiger partial charge in [0.2, 0.25) is 0 Å². The number of fused-ring (bicyclic) bond motifs is 15. The van der Waals surface area contributed by atoms with Crippen molar-refractivity contribution in [3.05, 3.63) is 391 Å². The first-order chi connectivity index (χ1) is 51.9. The maximum atomic E-state index is 13.7. The lowest BCUT2D eigenvalue weighted by molar-refractivity contribution is 0.569. The van der Waals surface area contributed by atoms with E-state index in [1.807, 2.05) is 54.6 Å². The van der Waals surface area contributed by atoms with Crippen LogP contribution in [-0.2, 0) is 0 Å². The van der Waals surface area contributed by atoms with Gasteiger partial charge < -0.3 is 22.5 Å². The van der Waals surface area contributed by atoms with Crippen LogP contribution >= 0.6 is 0 Å². The number of para-hydroxylation sites is 6. The van der Waals surface area contributed by atoms with Gasteiger partial charge in [-0.25, -0.2) is 9.59 Å². The van der Waals surface area contributed by atoms with E-state index in [-0.39, 0.29) is 11.3 Å². The molecule has 0 aliphatic rings. The van der Waals surface area contributed by atoms with Gasteiger partial charge in [-0.15, -0.1) is 0 Å². The largest absolute Gasteiger partial charge is 0.422 e. The van der Waals surface area contributed by atoms with Crippen molar-refractivity contribution in [3.8, 4) is 83.8 Å². The number of benzene rings is 16. The highest BCUT2D eigenvalue weighted by molar-refractivity contribution is 6.15. The zero-order chi connectivity index (χ0) is 69.6. The van der Waals surface area contributed by atoms with Crippen LogP contribution in [0.3, 0.4) is 0 Å². The third kappa shape index (κ3) is 10.4. The summed E-state index contributed by atoms with van der Waals surface area (Å²) in [6, 6.07) is 129. The summed E-state index contributed by atoms with van der Waals surface area (Å²) < 4.78 is 19.1. The minimum Gasteiger partial charge on any atom is -0.422 e. The summed E-state index contributed by atoms with van der Waals surface area (Å²) in [6.07, 6.45) is 0. The highest BCUT2D eigenvalue weighted by atomic mass is 16.4. The highest BCUT2D eigenvalue weighted by Crippen LogP contribution is 2.42. The molecular formula is C98H61N3O4. The summed E-state index contributed by atoms with van der Waals surface area (Å²) in [5.41, 5.74) is 23.5. The van der Waals surface area contributed by atoms with Crippen LogP contribution in [0.25, 0.3) is 193 Å². The molecule has 0 saturated carbocycles. The molecule has 0 amide bonds. The molecule has 7 heteroatoms. The van der Waals surface area contributed by atoms with Gasteiger partial charge in [-0.1, -0.05) is 224 Å². The number of nitrogens with zero attached hydrogens (tertiary/aromatic N) is 3. The molecular weight excluding hydrogens is 1280 g/mol. The van der Waals surface area contributed by atoms with Crippen LogP contribution in [0.5, 0.6) is 0 Å². The average molecular weight is 1340 g/mol. The molecule has 7 nitrogen and oxygen atoms in total. The lowest BCUT2D eigenvalue weighted by Crippen LogP contribution is -2.00. The van der Waals surface area contributed by atoms with Crippen LogP contribution in [0, 0.1) is 0 Å². The molecule has 0 fully saturated rings. The SMILES string of the molecule is O=c1oc2cc(-c3cc(-c4ccccc4)cc(-c4ccccc4)c3)ccc2c2ccc(-c3ccc4c(c3)c3ccccc3n4-c3ccccc3)cc12.O=c1oc2cc(-c3ccc4c(c3)c3ccccc3n4-c3ccccc3)ccc2c2ccc(-c3ccc4c(c3)c3ccccc3n4-c3ccccc3)cc12. The highest BCUT2D eigenvalue weighted by Gasteiger charge is 2.20. The van der Waals surface area contributed by atoms with Crippen molar-refractivity contribution >= 4 is 109 Å². The lowest BCUT2D eigenvalue weighted by atomic mass is 9.92. The molecule has 0 N–H and O–H groups in total. The van der Waals surface area contributed by atoms with E-state index in [0.717, 1.165) is 133 Å². The Morgan fingerprint density at radius 3 is 0.752 bits per heavy atom. The van der Waals surface area contributed by atoms with Crippen LogP contribution in [0.4, 0.5) is 0 Å². The molecule has 492 valence electrons. The summed E-state index contributed by atoms with van der Waals surface area (Å²) in [7, 11) is 0.